The van der Waals surface area contributed by atoms with E-state index in [-0.39, 0.29) is 24.2 Å². The van der Waals surface area contributed by atoms with E-state index in [1.807, 2.05) is 13.8 Å². The lowest BCUT2D eigenvalue weighted by Gasteiger charge is -2.14. The van der Waals surface area contributed by atoms with E-state index in [0.717, 1.165) is 0 Å². The number of nitrogens with zero attached hydrogens (tertiary/aromatic N) is 1. The Morgan fingerprint density at radius 3 is 2.40 bits per heavy atom. The fraction of sp³-hybridized carbons (Fsp3) is 0.462. The Labute approximate surface area is 117 Å². The van der Waals surface area contributed by atoms with Gasteiger partial charge in [-0.1, -0.05) is 13.8 Å². The third kappa shape index (κ3) is 4.11. The number of primary amides is 1. The van der Waals surface area contributed by atoms with Crippen molar-refractivity contribution >= 4 is 17.6 Å². The van der Waals surface area contributed by atoms with Gasteiger partial charge in [-0.3, -0.25) is 15.0 Å². The number of nitrogens with two attached hydrogens (primary N) is 2. The zero-order chi connectivity index (χ0) is 15.3. The highest BCUT2D eigenvalue weighted by Gasteiger charge is 2.18. The first kappa shape index (κ1) is 15.7. The van der Waals surface area contributed by atoms with Gasteiger partial charge in [0.2, 0.25) is 0 Å². The Morgan fingerprint density at radius 2 is 1.90 bits per heavy atom. The van der Waals surface area contributed by atoms with Crippen molar-refractivity contribution in [2.24, 2.45) is 17.4 Å². The van der Waals surface area contributed by atoms with E-state index in [1.54, 1.807) is 16.7 Å². The van der Waals surface area contributed by atoms with Crippen LogP contribution < -0.4 is 16.8 Å². The van der Waals surface area contributed by atoms with Crippen LogP contribution in [0.15, 0.2) is 12.1 Å². The van der Waals surface area contributed by atoms with Crippen molar-refractivity contribution in [1.82, 2.24) is 9.88 Å². The SMILES string of the molecule is CC(C)Cn1c(C(N)=O)ccc1C(=O)NCCC(=N)N. The molecule has 1 heterocycles. The number of aromatic nitrogens is 1. The van der Waals surface area contributed by atoms with Gasteiger partial charge in [0, 0.05) is 19.5 Å². The van der Waals surface area contributed by atoms with Crippen LogP contribution >= 0.6 is 0 Å². The number of carbonyl (C=O) groups excluding carboxylic acids is 2. The molecule has 0 saturated heterocycles. The summed E-state index contributed by atoms with van der Waals surface area (Å²) in [4.78, 5) is 23.4. The Morgan fingerprint density at radius 1 is 1.30 bits per heavy atom. The van der Waals surface area contributed by atoms with Gasteiger partial charge in [0.05, 0.1) is 5.84 Å². The lowest BCUT2D eigenvalue weighted by molar-refractivity contribution is 0.0944. The zero-order valence-corrected chi connectivity index (χ0v) is 11.8. The standard InChI is InChI=1S/C13H21N5O2/c1-8(2)7-18-9(12(16)19)3-4-10(18)13(20)17-6-5-11(14)15/h3-4,8H,5-7H2,1-2H3,(H3,14,15)(H2,16,19)(H,17,20). The predicted molar refractivity (Wildman–Crippen MR) is 76.7 cm³/mol. The third-order valence-electron chi connectivity index (χ3n) is 2.69. The number of amides is 2. The molecule has 0 atom stereocenters. The largest absolute Gasteiger partial charge is 0.388 e. The number of rotatable bonds is 7. The molecule has 0 aliphatic heterocycles. The van der Waals surface area contributed by atoms with E-state index < -0.39 is 5.91 Å². The molecule has 0 spiro atoms. The lowest BCUT2D eigenvalue weighted by atomic mass is 10.2. The summed E-state index contributed by atoms with van der Waals surface area (Å²) in [5.41, 5.74) is 11.2. The van der Waals surface area contributed by atoms with Gasteiger partial charge >= 0.3 is 0 Å². The fourth-order valence-electron chi connectivity index (χ4n) is 1.84. The summed E-state index contributed by atoms with van der Waals surface area (Å²) < 4.78 is 1.62. The first-order chi connectivity index (χ1) is 9.32. The summed E-state index contributed by atoms with van der Waals surface area (Å²) in [6, 6.07) is 3.12. The van der Waals surface area contributed by atoms with Gasteiger partial charge in [0.25, 0.3) is 11.8 Å². The first-order valence-corrected chi connectivity index (χ1v) is 6.43. The summed E-state index contributed by atoms with van der Waals surface area (Å²) in [6.45, 7) is 4.79. The number of amidine groups is 1. The highest BCUT2D eigenvalue weighted by atomic mass is 16.2. The number of hydrogen-bond donors (Lipinski definition) is 4. The molecule has 0 saturated carbocycles. The van der Waals surface area contributed by atoms with E-state index >= 15 is 0 Å². The lowest BCUT2D eigenvalue weighted by Crippen LogP contribution is -2.30. The average Bonchev–Trinajstić information content (AvgIpc) is 2.71. The highest BCUT2D eigenvalue weighted by molar-refractivity contribution is 5.97. The van der Waals surface area contributed by atoms with Crippen molar-refractivity contribution in [2.75, 3.05) is 6.54 Å². The predicted octanol–water partition coefficient (Wildman–Crippen LogP) is 0.299. The Kier molecular flexibility index (Phi) is 5.31. The molecule has 0 aliphatic carbocycles. The molecule has 0 radical (unpaired) electrons. The fourth-order valence-corrected chi connectivity index (χ4v) is 1.84. The number of nitrogens with one attached hydrogen (secondary N) is 2. The third-order valence-corrected chi connectivity index (χ3v) is 2.69. The second-order valence-corrected chi connectivity index (χ2v) is 5.00. The summed E-state index contributed by atoms with van der Waals surface area (Å²) >= 11 is 0. The summed E-state index contributed by atoms with van der Waals surface area (Å²) in [7, 11) is 0. The van der Waals surface area contributed by atoms with E-state index in [4.69, 9.17) is 16.9 Å². The van der Waals surface area contributed by atoms with Crippen molar-refractivity contribution in [1.29, 1.82) is 5.41 Å². The second-order valence-electron chi connectivity index (χ2n) is 5.00. The van der Waals surface area contributed by atoms with Gasteiger partial charge in [0.1, 0.15) is 11.4 Å². The maximum Gasteiger partial charge on any atom is 0.267 e. The molecule has 6 N–H and O–H groups in total. The molecule has 110 valence electrons. The van der Waals surface area contributed by atoms with E-state index in [2.05, 4.69) is 5.32 Å². The van der Waals surface area contributed by atoms with Gasteiger partial charge in [-0.05, 0) is 18.1 Å². The average molecular weight is 279 g/mol. The topological polar surface area (TPSA) is 127 Å². The normalized spacial score (nSPS) is 10.6. The van der Waals surface area contributed by atoms with Crippen LogP contribution in [-0.2, 0) is 6.54 Å². The van der Waals surface area contributed by atoms with Crippen LogP contribution in [-0.4, -0.2) is 28.8 Å². The quantitative estimate of drug-likeness (QED) is 0.423. The minimum Gasteiger partial charge on any atom is -0.388 e. The molecule has 2 amide bonds. The summed E-state index contributed by atoms with van der Waals surface area (Å²) in [5, 5.41) is 9.76. The Balaban J connectivity index is 2.90. The van der Waals surface area contributed by atoms with Crippen LogP contribution in [0.2, 0.25) is 0 Å². The van der Waals surface area contributed by atoms with Gasteiger partial charge in [-0.15, -0.1) is 0 Å². The van der Waals surface area contributed by atoms with Crippen molar-refractivity contribution in [3.05, 3.63) is 23.5 Å². The molecule has 0 fully saturated rings. The number of hydrogen-bond acceptors (Lipinski definition) is 3. The molecule has 0 aromatic carbocycles. The van der Waals surface area contributed by atoms with Crippen LogP contribution in [0, 0.1) is 11.3 Å². The first-order valence-electron chi connectivity index (χ1n) is 6.43. The second kappa shape index (κ2) is 6.74. The summed E-state index contributed by atoms with van der Waals surface area (Å²) in [5.74, 6) is -0.585. The maximum absolute atomic E-state index is 12.1. The molecule has 0 unspecified atom stereocenters. The van der Waals surface area contributed by atoms with E-state index in [9.17, 15) is 9.59 Å². The monoisotopic (exact) mass is 279 g/mol. The van der Waals surface area contributed by atoms with Gasteiger partial charge < -0.3 is 21.4 Å². The van der Waals surface area contributed by atoms with Gasteiger partial charge in [-0.2, -0.15) is 0 Å². The van der Waals surface area contributed by atoms with E-state index in [1.165, 1.54) is 0 Å². The smallest absolute Gasteiger partial charge is 0.267 e. The molecule has 1 aromatic rings. The zero-order valence-electron chi connectivity index (χ0n) is 11.8. The Hall–Kier alpha value is -2.31. The van der Waals surface area contributed by atoms with Crippen LogP contribution in [0.25, 0.3) is 0 Å². The molecule has 1 rings (SSSR count). The molecule has 0 bridgehead atoms. The maximum atomic E-state index is 12.1. The van der Waals surface area contributed by atoms with Crippen molar-refractivity contribution < 1.29 is 9.59 Å². The molecule has 0 aliphatic rings. The van der Waals surface area contributed by atoms with Crippen LogP contribution in [0.1, 0.15) is 41.2 Å². The van der Waals surface area contributed by atoms with Gasteiger partial charge in [-0.25, -0.2) is 0 Å². The molecule has 1 aromatic heterocycles. The van der Waals surface area contributed by atoms with E-state index in [0.29, 0.717) is 24.4 Å². The Bertz CT molecular complexity index is 519. The summed E-state index contributed by atoms with van der Waals surface area (Å²) in [6.07, 6.45) is 0.291. The molecule has 7 nitrogen and oxygen atoms in total. The minimum atomic E-state index is -0.562. The molecular weight excluding hydrogens is 258 g/mol. The van der Waals surface area contributed by atoms with Crippen LogP contribution in [0.4, 0.5) is 0 Å². The van der Waals surface area contributed by atoms with Crippen molar-refractivity contribution in [3.63, 3.8) is 0 Å². The van der Waals surface area contributed by atoms with Crippen molar-refractivity contribution in [3.8, 4) is 0 Å². The van der Waals surface area contributed by atoms with Crippen molar-refractivity contribution in [2.45, 2.75) is 26.8 Å². The molecular formula is C13H21N5O2. The van der Waals surface area contributed by atoms with Crippen LogP contribution in [0.5, 0.6) is 0 Å². The van der Waals surface area contributed by atoms with Gasteiger partial charge in [0.15, 0.2) is 0 Å². The number of carbonyl (C=O) groups is 2. The van der Waals surface area contributed by atoms with Crippen LogP contribution in [0.3, 0.4) is 0 Å². The minimum absolute atomic E-state index is 0.0145. The molecule has 20 heavy (non-hydrogen) atoms. The molecule has 7 heteroatoms. The highest BCUT2D eigenvalue weighted by Crippen LogP contribution is 2.12.